The molecule has 0 aliphatic heterocycles. The zero-order valence-electron chi connectivity index (χ0n) is 10.5. The van der Waals surface area contributed by atoms with Gasteiger partial charge in [-0.3, -0.25) is 0 Å². The second-order valence-corrected chi connectivity index (χ2v) is 5.25. The number of methoxy groups -OCH3 is 2. The quantitative estimate of drug-likeness (QED) is 0.785. The highest BCUT2D eigenvalue weighted by Crippen LogP contribution is 2.46. The summed E-state index contributed by atoms with van der Waals surface area (Å²) in [5.41, 5.74) is 1.56. The fourth-order valence-electron chi connectivity index (χ4n) is 2.76. The first kappa shape index (κ1) is 12.7. The Kier molecular flexibility index (Phi) is 3.97. The number of ether oxygens (including phenoxy) is 2. The van der Waals surface area contributed by atoms with Gasteiger partial charge >= 0.3 is 0 Å². The summed E-state index contributed by atoms with van der Waals surface area (Å²) in [6.07, 6.45) is 5.09. The molecule has 0 radical (unpaired) electrons. The molecule has 0 aromatic heterocycles. The predicted octanol–water partition coefficient (Wildman–Crippen LogP) is 3.91. The van der Waals surface area contributed by atoms with Crippen molar-refractivity contribution in [3.8, 4) is 11.5 Å². The molecule has 0 N–H and O–H groups in total. The number of hydrogen-bond acceptors (Lipinski definition) is 2. The van der Waals surface area contributed by atoms with Crippen molar-refractivity contribution in [2.75, 3.05) is 19.5 Å². The predicted molar refractivity (Wildman–Crippen MR) is 73.5 cm³/mol. The molecule has 2 nitrogen and oxygen atoms in total. The standard InChI is InChI=1S/C14H19BrO2/c1-16-11-5-6-12(13(9-11)17-2)14(10-15)7-3-4-8-14/h5-6,9H,3-4,7-8,10H2,1-2H3. The molecule has 0 unspecified atom stereocenters. The minimum atomic E-state index is 0.248. The third-order valence-electron chi connectivity index (χ3n) is 3.80. The van der Waals surface area contributed by atoms with Crippen LogP contribution in [-0.4, -0.2) is 19.5 Å². The van der Waals surface area contributed by atoms with Crippen molar-refractivity contribution in [2.45, 2.75) is 31.1 Å². The molecule has 1 aromatic carbocycles. The zero-order chi connectivity index (χ0) is 12.3. The van der Waals surface area contributed by atoms with E-state index in [-0.39, 0.29) is 5.41 Å². The van der Waals surface area contributed by atoms with E-state index in [0.717, 1.165) is 16.8 Å². The second-order valence-electron chi connectivity index (χ2n) is 4.69. The number of benzene rings is 1. The maximum atomic E-state index is 5.53. The largest absolute Gasteiger partial charge is 0.497 e. The van der Waals surface area contributed by atoms with Crippen LogP contribution in [0.15, 0.2) is 18.2 Å². The van der Waals surface area contributed by atoms with Gasteiger partial charge in [0, 0.05) is 22.4 Å². The monoisotopic (exact) mass is 298 g/mol. The Hall–Kier alpha value is -0.700. The van der Waals surface area contributed by atoms with Crippen molar-refractivity contribution < 1.29 is 9.47 Å². The molecule has 1 aliphatic rings. The SMILES string of the molecule is COc1ccc(C2(CBr)CCCC2)c(OC)c1. The topological polar surface area (TPSA) is 18.5 Å². The van der Waals surface area contributed by atoms with Crippen molar-refractivity contribution in [3.63, 3.8) is 0 Å². The smallest absolute Gasteiger partial charge is 0.126 e. The van der Waals surface area contributed by atoms with Gasteiger partial charge in [-0.1, -0.05) is 34.8 Å². The van der Waals surface area contributed by atoms with Crippen LogP contribution >= 0.6 is 15.9 Å². The van der Waals surface area contributed by atoms with Gasteiger partial charge in [0.15, 0.2) is 0 Å². The summed E-state index contributed by atoms with van der Waals surface area (Å²) in [6, 6.07) is 6.17. The van der Waals surface area contributed by atoms with Gasteiger partial charge in [-0.15, -0.1) is 0 Å². The molecule has 0 saturated heterocycles. The Morgan fingerprint density at radius 3 is 2.41 bits per heavy atom. The minimum absolute atomic E-state index is 0.248. The first-order valence-corrected chi connectivity index (χ1v) is 7.16. The summed E-state index contributed by atoms with van der Waals surface area (Å²) >= 11 is 3.68. The maximum Gasteiger partial charge on any atom is 0.126 e. The first-order chi connectivity index (χ1) is 8.25. The van der Waals surface area contributed by atoms with E-state index in [1.165, 1.54) is 31.2 Å². The molecule has 0 heterocycles. The first-order valence-electron chi connectivity index (χ1n) is 6.04. The van der Waals surface area contributed by atoms with Gasteiger partial charge < -0.3 is 9.47 Å². The number of rotatable bonds is 4. The van der Waals surface area contributed by atoms with Gasteiger partial charge in [-0.2, -0.15) is 0 Å². The molecule has 1 aromatic rings. The summed E-state index contributed by atoms with van der Waals surface area (Å²) in [5.74, 6) is 1.80. The maximum absolute atomic E-state index is 5.53. The zero-order valence-corrected chi connectivity index (χ0v) is 12.0. The lowest BCUT2D eigenvalue weighted by Crippen LogP contribution is -2.24. The molecule has 0 bridgehead atoms. The van der Waals surface area contributed by atoms with Crippen LogP contribution in [0.25, 0.3) is 0 Å². The van der Waals surface area contributed by atoms with Crippen molar-refractivity contribution in [1.82, 2.24) is 0 Å². The Morgan fingerprint density at radius 2 is 1.88 bits per heavy atom. The molecular formula is C14H19BrO2. The highest BCUT2D eigenvalue weighted by Gasteiger charge is 2.36. The van der Waals surface area contributed by atoms with Gasteiger partial charge in [0.2, 0.25) is 0 Å². The van der Waals surface area contributed by atoms with Crippen molar-refractivity contribution in [1.29, 1.82) is 0 Å². The van der Waals surface area contributed by atoms with E-state index in [1.54, 1.807) is 14.2 Å². The van der Waals surface area contributed by atoms with E-state index in [1.807, 2.05) is 12.1 Å². The fraction of sp³-hybridized carbons (Fsp3) is 0.571. The average Bonchev–Trinajstić information content (AvgIpc) is 2.87. The van der Waals surface area contributed by atoms with Crippen molar-refractivity contribution >= 4 is 15.9 Å². The van der Waals surface area contributed by atoms with E-state index < -0.39 is 0 Å². The van der Waals surface area contributed by atoms with E-state index in [9.17, 15) is 0 Å². The van der Waals surface area contributed by atoms with Crippen LogP contribution in [-0.2, 0) is 5.41 Å². The van der Waals surface area contributed by atoms with Crippen LogP contribution in [0.1, 0.15) is 31.2 Å². The molecule has 2 rings (SSSR count). The number of alkyl halides is 1. The number of halogens is 1. The van der Waals surface area contributed by atoms with Crippen molar-refractivity contribution in [3.05, 3.63) is 23.8 Å². The Morgan fingerprint density at radius 1 is 1.18 bits per heavy atom. The van der Waals surface area contributed by atoms with Gasteiger partial charge in [-0.05, 0) is 18.9 Å². The van der Waals surface area contributed by atoms with Crippen LogP contribution in [0.5, 0.6) is 11.5 Å². The minimum Gasteiger partial charge on any atom is -0.497 e. The van der Waals surface area contributed by atoms with Gasteiger partial charge in [-0.25, -0.2) is 0 Å². The van der Waals surface area contributed by atoms with E-state index >= 15 is 0 Å². The second kappa shape index (κ2) is 5.30. The van der Waals surface area contributed by atoms with Crippen LogP contribution < -0.4 is 9.47 Å². The average molecular weight is 299 g/mol. The van der Waals surface area contributed by atoms with E-state index in [4.69, 9.17) is 9.47 Å². The van der Waals surface area contributed by atoms with Gasteiger partial charge in [0.05, 0.1) is 14.2 Å². The van der Waals surface area contributed by atoms with Crippen LogP contribution in [0.3, 0.4) is 0 Å². The summed E-state index contributed by atoms with van der Waals surface area (Å²) in [4.78, 5) is 0. The summed E-state index contributed by atoms with van der Waals surface area (Å²) < 4.78 is 10.8. The van der Waals surface area contributed by atoms with Crippen LogP contribution in [0.4, 0.5) is 0 Å². The van der Waals surface area contributed by atoms with Crippen LogP contribution in [0.2, 0.25) is 0 Å². The molecule has 94 valence electrons. The highest BCUT2D eigenvalue weighted by molar-refractivity contribution is 9.09. The lowest BCUT2D eigenvalue weighted by Gasteiger charge is -2.29. The Balaban J connectivity index is 2.42. The molecule has 3 heteroatoms. The van der Waals surface area contributed by atoms with Gasteiger partial charge in [0.1, 0.15) is 11.5 Å². The summed E-state index contributed by atoms with van der Waals surface area (Å²) in [7, 11) is 3.42. The Labute approximate surface area is 111 Å². The third-order valence-corrected chi connectivity index (χ3v) is 4.87. The van der Waals surface area contributed by atoms with E-state index in [2.05, 4.69) is 22.0 Å². The molecule has 1 aliphatic carbocycles. The molecule has 0 amide bonds. The molecule has 1 saturated carbocycles. The molecule has 0 atom stereocenters. The Bertz CT molecular complexity index is 384. The normalized spacial score (nSPS) is 18.1. The van der Waals surface area contributed by atoms with E-state index in [0.29, 0.717) is 0 Å². The summed E-state index contributed by atoms with van der Waals surface area (Å²) in [6.45, 7) is 0. The molecule has 17 heavy (non-hydrogen) atoms. The van der Waals surface area contributed by atoms with Crippen molar-refractivity contribution in [2.24, 2.45) is 0 Å². The third kappa shape index (κ3) is 2.30. The lowest BCUT2D eigenvalue weighted by atomic mass is 9.80. The summed E-state index contributed by atoms with van der Waals surface area (Å²) in [5, 5.41) is 1.00. The van der Waals surface area contributed by atoms with Crippen LogP contribution in [0, 0.1) is 0 Å². The molecular weight excluding hydrogens is 280 g/mol. The number of hydrogen-bond donors (Lipinski definition) is 0. The van der Waals surface area contributed by atoms with Gasteiger partial charge in [0.25, 0.3) is 0 Å². The molecule has 1 fully saturated rings. The highest BCUT2D eigenvalue weighted by atomic mass is 79.9. The molecule has 0 spiro atoms. The lowest BCUT2D eigenvalue weighted by molar-refractivity contribution is 0.377. The fourth-order valence-corrected chi connectivity index (χ4v) is 3.63.